The summed E-state index contributed by atoms with van der Waals surface area (Å²) in [7, 11) is 0. The highest BCUT2D eigenvalue weighted by Crippen LogP contribution is 2.24. The van der Waals surface area contributed by atoms with E-state index in [1.165, 1.54) is 31.8 Å². The number of ether oxygens (including phenoxy) is 2. The first-order valence-electron chi connectivity index (χ1n) is 9.04. The third kappa shape index (κ3) is 6.05. The van der Waals surface area contributed by atoms with E-state index in [0.29, 0.717) is 5.69 Å². The molecule has 0 atom stereocenters. The minimum atomic E-state index is -1.31. The second kappa shape index (κ2) is 9.17. The third-order valence-electron chi connectivity index (χ3n) is 3.93. The van der Waals surface area contributed by atoms with Crippen LogP contribution in [0.3, 0.4) is 0 Å². The molecule has 2 aromatic carbocycles. The van der Waals surface area contributed by atoms with Crippen LogP contribution in [0.5, 0.6) is 0 Å². The number of carbonyl (C=O) groups is 3. The minimum Gasteiger partial charge on any atom is -0.419 e. The zero-order valence-electron chi connectivity index (χ0n) is 16.5. The highest BCUT2D eigenvalue weighted by atomic mass is 32.2. The van der Waals surface area contributed by atoms with E-state index in [2.05, 4.69) is 10.6 Å². The molecule has 31 heavy (non-hydrogen) atoms. The largest absolute Gasteiger partial charge is 0.419 e. The van der Waals surface area contributed by atoms with Gasteiger partial charge in [0.2, 0.25) is 5.91 Å². The summed E-state index contributed by atoms with van der Waals surface area (Å²) in [6, 6.07) is 9.58. The Bertz CT molecular complexity index is 1030. The standard InChI is InChI=1S/C21H18F2N2O5S/c1-21(2)29-19(27)15(20(28)30-21)10-24-13-4-6-14(7-5-13)31-11-18(26)25-17-9-12(22)3-8-16(17)23/h3-10,24H,11H2,1-2H3,(H,25,26). The molecule has 7 nitrogen and oxygen atoms in total. The van der Waals surface area contributed by atoms with Crippen molar-refractivity contribution >= 4 is 41.0 Å². The quantitative estimate of drug-likeness (QED) is 0.300. The summed E-state index contributed by atoms with van der Waals surface area (Å²) in [5.41, 5.74) is 0.0916. The molecule has 2 aromatic rings. The number of cyclic esters (lactones) is 2. The van der Waals surface area contributed by atoms with Gasteiger partial charge in [0.15, 0.2) is 5.57 Å². The first-order chi connectivity index (χ1) is 14.6. The van der Waals surface area contributed by atoms with Gasteiger partial charge in [-0.3, -0.25) is 4.79 Å². The van der Waals surface area contributed by atoms with Crippen molar-refractivity contribution in [3.63, 3.8) is 0 Å². The Hall–Kier alpha value is -3.40. The number of hydrogen-bond donors (Lipinski definition) is 2. The lowest BCUT2D eigenvalue weighted by Gasteiger charge is -2.29. The number of hydrogen-bond acceptors (Lipinski definition) is 7. The van der Waals surface area contributed by atoms with E-state index in [1.54, 1.807) is 24.3 Å². The van der Waals surface area contributed by atoms with Crippen LogP contribution in [0.2, 0.25) is 0 Å². The SMILES string of the molecule is CC1(C)OC(=O)C(=CNc2ccc(SCC(=O)Nc3cc(F)ccc3F)cc2)C(=O)O1. The Morgan fingerprint density at radius 3 is 2.35 bits per heavy atom. The van der Waals surface area contributed by atoms with Crippen LogP contribution in [-0.2, 0) is 23.9 Å². The molecule has 1 fully saturated rings. The Morgan fingerprint density at radius 1 is 1.06 bits per heavy atom. The highest BCUT2D eigenvalue weighted by Gasteiger charge is 2.38. The molecule has 10 heteroatoms. The van der Waals surface area contributed by atoms with Crippen LogP contribution in [0.15, 0.2) is 59.1 Å². The van der Waals surface area contributed by atoms with E-state index in [-0.39, 0.29) is 17.0 Å². The number of esters is 2. The second-order valence-corrected chi connectivity index (χ2v) is 7.92. The zero-order chi connectivity index (χ0) is 22.6. The van der Waals surface area contributed by atoms with E-state index in [4.69, 9.17) is 9.47 Å². The number of amides is 1. The molecule has 1 aliphatic heterocycles. The van der Waals surface area contributed by atoms with Crippen molar-refractivity contribution in [2.24, 2.45) is 0 Å². The van der Waals surface area contributed by atoms with Crippen molar-refractivity contribution in [3.8, 4) is 0 Å². The van der Waals surface area contributed by atoms with Crippen molar-refractivity contribution < 1.29 is 32.6 Å². The summed E-state index contributed by atoms with van der Waals surface area (Å²) in [6.07, 6.45) is 1.20. The fraction of sp³-hybridized carbons (Fsp3) is 0.190. The fourth-order valence-corrected chi connectivity index (χ4v) is 3.21. The molecule has 0 aromatic heterocycles. The maximum Gasteiger partial charge on any atom is 0.350 e. The van der Waals surface area contributed by atoms with Crippen LogP contribution < -0.4 is 10.6 Å². The summed E-state index contributed by atoms with van der Waals surface area (Å²) in [4.78, 5) is 36.5. The van der Waals surface area contributed by atoms with E-state index in [1.807, 2.05) is 0 Å². The summed E-state index contributed by atoms with van der Waals surface area (Å²) in [6.45, 7) is 2.91. The van der Waals surface area contributed by atoms with Gasteiger partial charge in [-0.05, 0) is 36.4 Å². The average Bonchev–Trinajstić information content (AvgIpc) is 2.68. The molecule has 0 spiro atoms. The van der Waals surface area contributed by atoms with E-state index < -0.39 is 35.3 Å². The summed E-state index contributed by atoms with van der Waals surface area (Å²) in [5.74, 6) is -4.77. The number of nitrogens with one attached hydrogen (secondary N) is 2. The molecule has 1 amide bonds. The van der Waals surface area contributed by atoms with Crippen LogP contribution >= 0.6 is 11.8 Å². The van der Waals surface area contributed by atoms with E-state index >= 15 is 0 Å². The van der Waals surface area contributed by atoms with E-state index in [9.17, 15) is 23.2 Å². The lowest BCUT2D eigenvalue weighted by molar-refractivity contribution is -0.222. The van der Waals surface area contributed by atoms with Gasteiger partial charge in [0.05, 0.1) is 11.4 Å². The zero-order valence-corrected chi connectivity index (χ0v) is 17.3. The number of thioether (sulfide) groups is 1. The van der Waals surface area contributed by atoms with Crippen molar-refractivity contribution in [2.45, 2.75) is 24.5 Å². The smallest absolute Gasteiger partial charge is 0.350 e. The normalized spacial score (nSPS) is 15.0. The summed E-state index contributed by atoms with van der Waals surface area (Å²) < 4.78 is 36.7. The molecule has 1 aliphatic rings. The maximum atomic E-state index is 13.6. The Balaban J connectivity index is 1.53. The number of carbonyl (C=O) groups excluding carboxylic acids is 3. The Kier molecular flexibility index (Phi) is 6.59. The number of benzene rings is 2. The van der Waals surface area contributed by atoms with Crippen molar-refractivity contribution in [1.29, 1.82) is 0 Å². The molecule has 0 unspecified atom stereocenters. The van der Waals surface area contributed by atoms with Gasteiger partial charge in [-0.15, -0.1) is 11.8 Å². The molecule has 0 bridgehead atoms. The van der Waals surface area contributed by atoms with Gasteiger partial charge < -0.3 is 20.1 Å². The van der Waals surface area contributed by atoms with Crippen LogP contribution in [-0.4, -0.2) is 29.4 Å². The average molecular weight is 448 g/mol. The van der Waals surface area contributed by atoms with Gasteiger partial charge in [0.25, 0.3) is 5.79 Å². The van der Waals surface area contributed by atoms with Gasteiger partial charge in [-0.1, -0.05) is 0 Å². The van der Waals surface area contributed by atoms with E-state index in [0.717, 1.165) is 23.1 Å². The molecule has 0 radical (unpaired) electrons. The number of halogens is 2. The topological polar surface area (TPSA) is 93.7 Å². The molecule has 0 aliphatic carbocycles. The first kappa shape index (κ1) is 22.3. The van der Waals surface area contributed by atoms with Crippen molar-refractivity contribution in [3.05, 3.63) is 65.9 Å². The molecule has 3 rings (SSSR count). The fourth-order valence-electron chi connectivity index (χ4n) is 2.51. The van der Waals surface area contributed by atoms with Crippen LogP contribution in [0.1, 0.15) is 13.8 Å². The molecular weight excluding hydrogens is 430 g/mol. The van der Waals surface area contributed by atoms with Gasteiger partial charge in [-0.2, -0.15) is 0 Å². The summed E-state index contributed by atoms with van der Waals surface area (Å²) in [5, 5.41) is 5.13. The molecule has 1 saturated heterocycles. The molecule has 162 valence electrons. The molecular formula is C21H18F2N2O5S. The molecule has 1 heterocycles. The lowest BCUT2D eigenvalue weighted by atomic mass is 10.2. The summed E-state index contributed by atoms with van der Waals surface area (Å²) >= 11 is 1.19. The van der Waals surface area contributed by atoms with Gasteiger partial charge >= 0.3 is 11.9 Å². The van der Waals surface area contributed by atoms with Crippen LogP contribution in [0.4, 0.5) is 20.2 Å². The minimum absolute atomic E-state index is 0.0136. The first-order valence-corrected chi connectivity index (χ1v) is 10.0. The third-order valence-corrected chi connectivity index (χ3v) is 4.94. The second-order valence-electron chi connectivity index (χ2n) is 6.87. The van der Waals surface area contributed by atoms with Crippen molar-refractivity contribution in [2.75, 3.05) is 16.4 Å². The maximum absolute atomic E-state index is 13.6. The predicted molar refractivity (Wildman–Crippen MR) is 110 cm³/mol. The van der Waals surface area contributed by atoms with Gasteiger partial charge in [-0.25, -0.2) is 18.4 Å². The van der Waals surface area contributed by atoms with Gasteiger partial charge in [0.1, 0.15) is 11.6 Å². The molecule has 0 saturated carbocycles. The highest BCUT2D eigenvalue weighted by molar-refractivity contribution is 8.00. The Labute approximate surface area is 180 Å². The molecule has 2 N–H and O–H groups in total. The number of anilines is 2. The number of rotatable bonds is 6. The monoisotopic (exact) mass is 448 g/mol. The predicted octanol–water partition coefficient (Wildman–Crippen LogP) is 3.83. The van der Waals surface area contributed by atoms with Crippen LogP contribution in [0.25, 0.3) is 0 Å². The van der Waals surface area contributed by atoms with Crippen molar-refractivity contribution in [1.82, 2.24) is 0 Å². The van der Waals surface area contributed by atoms with Crippen LogP contribution in [0, 0.1) is 11.6 Å². The Morgan fingerprint density at radius 2 is 1.71 bits per heavy atom. The lowest BCUT2D eigenvalue weighted by Crippen LogP contribution is -2.42. The van der Waals surface area contributed by atoms with Gasteiger partial charge in [0, 0.05) is 36.7 Å².